The minimum Gasteiger partial charge on any atom is -0.339 e. The summed E-state index contributed by atoms with van der Waals surface area (Å²) in [6, 6.07) is 2.36. The van der Waals surface area contributed by atoms with Gasteiger partial charge in [0, 0.05) is 39.4 Å². The fraction of sp³-hybridized carbons (Fsp3) is 0.400. The molecule has 1 aliphatic rings. The van der Waals surface area contributed by atoms with Gasteiger partial charge in [-0.25, -0.2) is 30.6 Å². The molecule has 148 valence electrons. The first-order valence-electron chi connectivity index (χ1n) is 8.06. The third-order valence-electron chi connectivity index (χ3n) is 4.23. The van der Waals surface area contributed by atoms with E-state index in [1.54, 1.807) is 7.05 Å². The number of nitrogens with zero attached hydrogens (tertiary/aromatic N) is 4. The van der Waals surface area contributed by atoms with Crippen molar-refractivity contribution in [2.24, 2.45) is 7.05 Å². The number of halogens is 2. The van der Waals surface area contributed by atoms with Gasteiger partial charge in [-0.3, -0.25) is 0 Å². The van der Waals surface area contributed by atoms with E-state index in [4.69, 9.17) is 0 Å². The normalized spacial score (nSPS) is 17.7. The first-order valence-corrected chi connectivity index (χ1v) is 10.9. The van der Waals surface area contributed by atoms with Gasteiger partial charge in [-0.15, -0.1) is 0 Å². The fourth-order valence-corrected chi connectivity index (χ4v) is 5.71. The van der Waals surface area contributed by atoms with E-state index in [-0.39, 0.29) is 42.5 Å². The SMILES string of the molecule is Cn1cnc(S(=O)(=O)N2CCCN(S(=O)(=O)c3ccc(F)c(F)c3)CC2)c1. The molecule has 0 N–H and O–H groups in total. The van der Waals surface area contributed by atoms with Crippen molar-refractivity contribution in [2.45, 2.75) is 16.3 Å². The van der Waals surface area contributed by atoms with E-state index in [1.807, 2.05) is 0 Å². The van der Waals surface area contributed by atoms with Gasteiger partial charge >= 0.3 is 0 Å². The minimum absolute atomic E-state index is 0.0650. The maximum absolute atomic E-state index is 13.4. The Kier molecular flexibility index (Phi) is 5.34. The number of imidazole rings is 1. The Morgan fingerprint density at radius 1 is 0.926 bits per heavy atom. The lowest BCUT2D eigenvalue weighted by molar-refractivity contribution is 0.403. The van der Waals surface area contributed by atoms with E-state index in [9.17, 15) is 25.6 Å². The largest absolute Gasteiger partial charge is 0.339 e. The molecule has 0 spiro atoms. The molecule has 1 aromatic carbocycles. The highest BCUT2D eigenvalue weighted by molar-refractivity contribution is 7.89. The number of hydrogen-bond acceptors (Lipinski definition) is 5. The third-order valence-corrected chi connectivity index (χ3v) is 7.91. The van der Waals surface area contributed by atoms with Crippen LogP contribution in [0.25, 0.3) is 0 Å². The van der Waals surface area contributed by atoms with Gasteiger partial charge in [0.25, 0.3) is 10.0 Å². The summed E-state index contributed by atoms with van der Waals surface area (Å²) in [6.45, 7) is 0.0213. The van der Waals surface area contributed by atoms with Gasteiger partial charge in [-0.05, 0) is 24.6 Å². The molecule has 0 amide bonds. The molecule has 1 aliphatic heterocycles. The smallest absolute Gasteiger partial charge is 0.262 e. The summed E-state index contributed by atoms with van der Waals surface area (Å²) in [5.41, 5.74) is 0. The molecule has 0 radical (unpaired) electrons. The van der Waals surface area contributed by atoms with Crippen LogP contribution in [-0.4, -0.2) is 61.2 Å². The number of aryl methyl sites for hydroxylation is 1. The quantitative estimate of drug-likeness (QED) is 0.729. The van der Waals surface area contributed by atoms with Crippen molar-refractivity contribution >= 4 is 20.0 Å². The van der Waals surface area contributed by atoms with Crippen molar-refractivity contribution in [3.8, 4) is 0 Å². The van der Waals surface area contributed by atoms with Crippen molar-refractivity contribution in [1.82, 2.24) is 18.2 Å². The van der Waals surface area contributed by atoms with E-state index in [2.05, 4.69) is 4.98 Å². The molecule has 0 saturated carbocycles. The Bertz CT molecular complexity index is 1050. The van der Waals surface area contributed by atoms with E-state index < -0.39 is 31.7 Å². The fourth-order valence-electron chi connectivity index (χ4n) is 2.79. The number of hydrogen-bond donors (Lipinski definition) is 0. The third kappa shape index (κ3) is 3.88. The van der Waals surface area contributed by atoms with Crippen molar-refractivity contribution in [2.75, 3.05) is 26.2 Å². The molecule has 1 fully saturated rings. The van der Waals surface area contributed by atoms with Crippen LogP contribution >= 0.6 is 0 Å². The molecule has 27 heavy (non-hydrogen) atoms. The Hall–Kier alpha value is -1.89. The van der Waals surface area contributed by atoms with Crippen LogP contribution in [0.5, 0.6) is 0 Å². The van der Waals surface area contributed by atoms with Crippen LogP contribution in [0.1, 0.15) is 6.42 Å². The van der Waals surface area contributed by atoms with Gasteiger partial charge in [0.1, 0.15) is 0 Å². The van der Waals surface area contributed by atoms with E-state index in [0.717, 1.165) is 16.4 Å². The highest BCUT2D eigenvalue weighted by atomic mass is 32.2. The van der Waals surface area contributed by atoms with Gasteiger partial charge in [0.2, 0.25) is 10.0 Å². The highest BCUT2D eigenvalue weighted by Crippen LogP contribution is 2.22. The van der Waals surface area contributed by atoms with Crippen LogP contribution in [0.3, 0.4) is 0 Å². The molecule has 12 heteroatoms. The van der Waals surface area contributed by atoms with Crippen LogP contribution in [0.4, 0.5) is 8.78 Å². The number of aromatic nitrogens is 2. The van der Waals surface area contributed by atoms with Crippen molar-refractivity contribution in [3.05, 3.63) is 42.4 Å². The van der Waals surface area contributed by atoms with E-state index in [0.29, 0.717) is 6.07 Å². The second-order valence-corrected chi connectivity index (χ2v) is 9.94. The zero-order chi connectivity index (χ0) is 19.8. The molecule has 3 rings (SSSR count). The topological polar surface area (TPSA) is 92.6 Å². The summed E-state index contributed by atoms with van der Waals surface area (Å²) in [6.07, 6.45) is 3.00. The number of benzene rings is 1. The minimum atomic E-state index is -4.07. The summed E-state index contributed by atoms with van der Waals surface area (Å²) < 4.78 is 80.9. The van der Waals surface area contributed by atoms with E-state index >= 15 is 0 Å². The summed E-state index contributed by atoms with van der Waals surface area (Å²) in [5.74, 6) is -2.40. The van der Waals surface area contributed by atoms with Crippen LogP contribution < -0.4 is 0 Å². The lowest BCUT2D eigenvalue weighted by Gasteiger charge is -2.21. The predicted octanol–water partition coefficient (Wildman–Crippen LogP) is 0.784. The van der Waals surface area contributed by atoms with Gasteiger partial charge < -0.3 is 4.57 Å². The first-order chi connectivity index (χ1) is 12.6. The molecule has 0 atom stereocenters. The summed E-state index contributed by atoms with van der Waals surface area (Å²) >= 11 is 0. The molecule has 1 aromatic heterocycles. The van der Waals surface area contributed by atoms with Crippen molar-refractivity contribution < 1.29 is 25.6 Å². The van der Waals surface area contributed by atoms with Crippen LogP contribution in [0.2, 0.25) is 0 Å². The molecule has 8 nitrogen and oxygen atoms in total. The second-order valence-electron chi connectivity index (χ2n) is 6.12. The molecule has 2 aromatic rings. The molecule has 2 heterocycles. The molecule has 1 saturated heterocycles. The molecule has 0 unspecified atom stereocenters. The maximum atomic E-state index is 13.4. The molecular weight excluding hydrogens is 402 g/mol. The zero-order valence-electron chi connectivity index (χ0n) is 14.4. The average molecular weight is 420 g/mol. The van der Waals surface area contributed by atoms with Gasteiger partial charge in [0.05, 0.1) is 11.2 Å². The standard InChI is InChI=1S/C15H18F2N4O4S2/c1-19-10-15(18-11-19)27(24,25)21-6-2-5-20(7-8-21)26(22,23)12-3-4-13(16)14(17)9-12/h3-4,9-11H,2,5-8H2,1H3. The Morgan fingerprint density at radius 3 is 2.11 bits per heavy atom. The predicted molar refractivity (Wildman–Crippen MR) is 91.7 cm³/mol. The number of rotatable bonds is 4. The summed E-state index contributed by atoms with van der Waals surface area (Å²) in [4.78, 5) is 3.48. The monoisotopic (exact) mass is 420 g/mol. The highest BCUT2D eigenvalue weighted by Gasteiger charge is 2.33. The van der Waals surface area contributed by atoms with Crippen molar-refractivity contribution in [1.29, 1.82) is 0 Å². The average Bonchev–Trinajstić information content (AvgIpc) is 2.90. The van der Waals surface area contributed by atoms with Crippen LogP contribution in [0, 0.1) is 11.6 Å². The summed E-state index contributed by atoms with van der Waals surface area (Å²) in [7, 11) is -6.27. The molecular formula is C15H18F2N4O4S2. The Labute approximate surface area is 156 Å². The van der Waals surface area contributed by atoms with Gasteiger partial charge in [0.15, 0.2) is 16.7 Å². The van der Waals surface area contributed by atoms with E-state index in [1.165, 1.54) is 21.4 Å². The first kappa shape index (κ1) is 19.9. The molecule has 0 bridgehead atoms. The Morgan fingerprint density at radius 2 is 1.56 bits per heavy atom. The van der Waals surface area contributed by atoms with Gasteiger partial charge in [-0.2, -0.15) is 8.61 Å². The number of sulfonamides is 2. The zero-order valence-corrected chi connectivity index (χ0v) is 16.0. The second kappa shape index (κ2) is 7.26. The van der Waals surface area contributed by atoms with Crippen LogP contribution in [-0.2, 0) is 27.1 Å². The maximum Gasteiger partial charge on any atom is 0.262 e. The Balaban J connectivity index is 1.81. The summed E-state index contributed by atoms with van der Waals surface area (Å²) in [5, 5.41) is -0.109. The lowest BCUT2D eigenvalue weighted by atomic mass is 10.3. The van der Waals surface area contributed by atoms with Crippen LogP contribution in [0.15, 0.2) is 40.6 Å². The van der Waals surface area contributed by atoms with Crippen molar-refractivity contribution in [3.63, 3.8) is 0 Å². The molecule has 0 aliphatic carbocycles. The lowest BCUT2D eigenvalue weighted by Crippen LogP contribution is -2.37. The van der Waals surface area contributed by atoms with Gasteiger partial charge in [-0.1, -0.05) is 0 Å².